The maximum absolute atomic E-state index is 11.4. The molecule has 0 saturated heterocycles. The van der Waals surface area contributed by atoms with E-state index in [2.05, 4.69) is 120 Å². The van der Waals surface area contributed by atoms with E-state index in [4.69, 9.17) is 43.7 Å². The average Bonchev–Trinajstić information content (AvgIpc) is 1.85. The molecular weight excluding hydrogens is 1910 g/mol. The molecule has 3 aromatic heterocycles. The van der Waals surface area contributed by atoms with Gasteiger partial charge in [0.15, 0.2) is 37.2 Å². The zero-order valence-electron chi connectivity index (χ0n) is 72.6. The molecule has 0 unspecified atom stereocenters. The zero-order chi connectivity index (χ0) is 92.3. The molecule has 0 aliphatic heterocycles. The summed E-state index contributed by atoms with van der Waals surface area (Å²) in [6, 6.07) is 21.5. The van der Waals surface area contributed by atoms with Gasteiger partial charge in [0.1, 0.15) is 47.8 Å². The van der Waals surface area contributed by atoms with Gasteiger partial charge in [-0.1, -0.05) is 165 Å². The van der Waals surface area contributed by atoms with Crippen LogP contribution < -0.4 is 112 Å². The summed E-state index contributed by atoms with van der Waals surface area (Å²) >= 11 is 18.8. The predicted molar refractivity (Wildman–Crippen MR) is 451 cm³/mol. The van der Waals surface area contributed by atoms with E-state index >= 15 is 0 Å². The first-order valence-electron chi connectivity index (χ1n) is 38.1. The molecule has 3 aliphatic rings. The van der Waals surface area contributed by atoms with Crippen LogP contribution in [0.4, 0.5) is 18.9 Å². The minimum absolute atomic E-state index is 0. The fourth-order valence-corrected chi connectivity index (χ4v) is 9.66. The number of esters is 3. The Bertz CT molecular complexity index is 3810. The molecule has 3 saturated carbocycles. The van der Waals surface area contributed by atoms with Crippen molar-refractivity contribution in [1.82, 2.24) is 0 Å². The van der Waals surface area contributed by atoms with Crippen LogP contribution in [-0.2, 0) is 133 Å². The minimum atomic E-state index is -4.83. The Kier molecular flexibility index (Phi) is 101. The first-order valence-corrected chi connectivity index (χ1v) is 49.7. The molecule has 0 bridgehead atoms. The maximum Gasteiger partial charge on any atom is 1.00 e. The second-order valence-electron chi connectivity index (χ2n) is 24.3. The van der Waals surface area contributed by atoms with Gasteiger partial charge in [-0.15, -0.1) is 18.2 Å². The molecule has 3 heterocycles. The standard InChI is InChI=1S/C10H15NO3S.C9H14N2O3S.C9H12O3S.C8H12N.C5H6Cl2O2.C5H5F3O2.C5H10O2.C5H12.C4H10O3S.C3H7Br.C3H7Cl.C3H6O4S.C3H8O4S.C3H6.ClH.K.Na/c1-2-6-11-7-3-10(4-8-11)5-9-15(12,13)14;1-2-5-11-6-3-4-9(7-11)10-8-15(12,13)14;1-2-8-12-13(10,11)9-6-4-3-5-7-9;1-2-6-9-7-4-3-5-8-9;6-4(7)5(8)9-3-1-2-3;6-5(7,8)4(9)10-3-1-2-3;1-3-4-7-5(2)6;1-3-5-4-2;1-3-4-7-8(2,5)6;2*1-2-3-4;4-8(5,6)7-3-1-2-3;1-2-3-7-8(4,5)6;1-3-2;;;/h3-4,7-8H,2,5-6,9H2,1H3;3-4,6-7,10H,2,5,8H2,1H3;3-7H,2,8H2,1H3;3-5,7-8H,2,6H2,1H3;3-4H,1-2H2;3H,1-2H2;3-4H2,1-2H3;3-5H2,1-2H3;3-4H2,1-2H3;2*2-3H2,1H3;3H,1-2H2,(H,4,5,6);2-3H2,1H3,(H,4,5,6);3H,1H2,2H3;1H;;/q;;;+1;;;;;;;;;;;;2*+1/p-3. The summed E-state index contributed by atoms with van der Waals surface area (Å²) in [5.74, 6) is -2.91. The van der Waals surface area contributed by atoms with Crippen LogP contribution in [0.5, 0.6) is 0 Å². The molecule has 0 amide bonds. The van der Waals surface area contributed by atoms with Crippen LogP contribution in [-0.4, -0.2) is 171 Å². The third-order valence-corrected chi connectivity index (χ3v) is 17.5. The zero-order valence-corrected chi connectivity index (χ0v) is 87.3. The Morgan fingerprint density at radius 2 is 0.975 bits per heavy atom. The van der Waals surface area contributed by atoms with Crippen molar-refractivity contribution in [3.63, 3.8) is 0 Å². The first-order chi connectivity index (χ1) is 54.9. The molecule has 4 aromatic rings. The SMILES string of the molecule is C=CC.CCCBr.CCCCC.CCCCl.CCCOC(C)=O.CCCOS(=O)(=O)[O-].CCCOS(=O)(=O)c1ccccc1.CCCOS(C)(=O)=O.CCC[n+]1ccc(CCS(=O)(=O)[O-])cc1.CCC[n+]1cccc(NCS(=O)(=O)[O-])c1.CCC[n+]1ccccc1.O=C(OC1CC1)C(Cl)Cl.O=C(OC1CC1)C(F)(F)F.O=S(=O)([O-])OC1CC1.[Cl-].[K+].[Na+]. The number of benzene rings is 1. The number of nitrogens with one attached hydrogen (secondary N) is 1. The van der Waals surface area contributed by atoms with E-state index in [9.17, 15) is 96.3 Å². The van der Waals surface area contributed by atoms with Gasteiger partial charge in [-0.25, -0.2) is 57.0 Å². The number of halogens is 8. The molecule has 0 radical (unpaired) electrons. The van der Waals surface area contributed by atoms with Gasteiger partial charge in [0.2, 0.25) is 25.6 Å². The van der Waals surface area contributed by atoms with E-state index < -0.39 is 96.2 Å². The molecule has 1 N–H and O–H groups in total. The Hall–Kier alpha value is -1.93. The number of allylic oxidation sites excluding steroid dienone is 1. The molecule has 46 heteroatoms. The van der Waals surface area contributed by atoms with Gasteiger partial charge >= 0.3 is 105 Å². The van der Waals surface area contributed by atoms with E-state index in [-0.39, 0.29) is 135 Å². The monoisotopic (exact) mass is 2030 g/mol. The van der Waals surface area contributed by atoms with Gasteiger partial charge < -0.3 is 50.1 Å². The second kappa shape index (κ2) is 87.4. The van der Waals surface area contributed by atoms with E-state index in [1.807, 2.05) is 80.5 Å². The second-order valence-corrected chi connectivity index (χ2v) is 34.9. The molecule has 698 valence electrons. The van der Waals surface area contributed by atoms with Gasteiger partial charge in [0, 0.05) is 73.5 Å². The smallest absolute Gasteiger partial charge is 1.00 e. The number of anilines is 1. The molecular formula is C75H128BrCl4F3KN4NaO26S6. The number of hydrogen-bond donors (Lipinski definition) is 1. The van der Waals surface area contributed by atoms with Crippen molar-refractivity contribution in [3.05, 3.63) is 128 Å². The van der Waals surface area contributed by atoms with Crippen molar-refractivity contribution in [3.8, 4) is 0 Å². The number of aromatic nitrogens is 3. The molecule has 30 nitrogen and oxygen atoms in total. The van der Waals surface area contributed by atoms with E-state index in [0.29, 0.717) is 63.8 Å². The summed E-state index contributed by atoms with van der Waals surface area (Å²) < 4.78 is 234. The van der Waals surface area contributed by atoms with Crippen LogP contribution in [0.2, 0.25) is 0 Å². The predicted octanol–water partition coefficient (Wildman–Crippen LogP) is 5.36. The summed E-state index contributed by atoms with van der Waals surface area (Å²) in [5.41, 5.74) is 1.51. The Balaban J connectivity index is -0.000000139. The summed E-state index contributed by atoms with van der Waals surface area (Å²) in [6.07, 6.45) is 26.1. The van der Waals surface area contributed by atoms with Gasteiger partial charge in [0.25, 0.3) is 20.2 Å². The van der Waals surface area contributed by atoms with E-state index in [1.54, 1.807) is 49.5 Å². The fraction of sp³-hybridized carbons (Fsp3) is 0.653. The quantitative estimate of drug-likeness (QED) is 0.00721. The van der Waals surface area contributed by atoms with Crippen LogP contribution >= 0.6 is 50.7 Å². The van der Waals surface area contributed by atoms with Crippen molar-refractivity contribution in [2.24, 2.45) is 0 Å². The first kappa shape index (κ1) is 140. The Morgan fingerprint density at radius 1 is 0.570 bits per heavy atom. The number of hydrogen-bond acceptors (Lipinski definition) is 27. The molecule has 0 atom stereocenters. The summed E-state index contributed by atoms with van der Waals surface area (Å²) in [7, 11) is -23.9. The number of alkyl halides is 7. The Labute approximate surface area is 815 Å². The van der Waals surface area contributed by atoms with E-state index in [0.717, 1.165) is 87.6 Å². The number of unbranched alkanes of at least 4 members (excludes halogenated alkanes) is 2. The largest absolute Gasteiger partial charge is 1.00 e. The molecule has 1 aromatic carbocycles. The Morgan fingerprint density at radius 3 is 1.28 bits per heavy atom. The van der Waals surface area contributed by atoms with Gasteiger partial charge in [-0.2, -0.15) is 30.0 Å². The van der Waals surface area contributed by atoms with Crippen molar-refractivity contribution in [2.75, 3.05) is 60.8 Å². The number of aryl methyl sites for hydroxylation is 4. The molecule has 121 heavy (non-hydrogen) atoms. The van der Waals surface area contributed by atoms with Gasteiger partial charge in [0.05, 0.1) is 59.5 Å². The molecule has 0 spiro atoms. The van der Waals surface area contributed by atoms with Crippen LogP contribution in [0.3, 0.4) is 0 Å². The number of ether oxygens (including phenoxy) is 3. The maximum atomic E-state index is 11.4. The number of carbonyl (C=O) groups excluding carboxylic acids is 3. The van der Waals surface area contributed by atoms with Crippen LogP contribution in [0.15, 0.2) is 128 Å². The van der Waals surface area contributed by atoms with Crippen molar-refractivity contribution < 1.29 is 234 Å². The van der Waals surface area contributed by atoms with Gasteiger partial charge in [-0.3, -0.25) is 21.5 Å². The molecule has 7 rings (SSSR count). The normalized spacial score (nSPS) is 12.0. The van der Waals surface area contributed by atoms with Gasteiger partial charge in [-0.05, 0) is 114 Å². The topological polar surface area (TPSA) is 437 Å². The molecule has 3 aliphatic carbocycles. The summed E-state index contributed by atoms with van der Waals surface area (Å²) in [6.45, 7) is 33.0. The third kappa shape index (κ3) is 118. The van der Waals surface area contributed by atoms with Crippen LogP contribution in [0.1, 0.15) is 211 Å². The fourth-order valence-electron chi connectivity index (χ4n) is 6.35. The van der Waals surface area contributed by atoms with Crippen molar-refractivity contribution in [2.45, 2.75) is 266 Å². The number of carbonyl (C=O) groups is 3. The number of rotatable bonds is 33. The van der Waals surface area contributed by atoms with Crippen molar-refractivity contribution in [1.29, 1.82) is 0 Å². The summed E-state index contributed by atoms with van der Waals surface area (Å²) in [5, 5.41) is 3.69. The van der Waals surface area contributed by atoms with E-state index in [1.165, 1.54) is 51.2 Å². The average molecular weight is 2040 g/mol. The van der Waals surface area contributed by atoms with Crippen LogP contribution in [0, 0.1) is 0 Å². The summed E-state index contributed by atoms with van der Waals surface area (Å²) in [4.78, 5) is 29.6. The minimum Gasteiger partial charge on any atom is -1.00 e. The number of pyridine rings is 3. The van der Waals surface area contributed by atoms with Crippen molar-refractivity contribution >= 4 is 136 Å². The number of nitrogens with zero attached hydrogens (tertiary/aromatic N) is 3. The third-order valence-electron chi connectivity index (χ3n) is 11.9. The molecule has 3 fully saturated rings. The van der Waals surface area contributed by atoms with Crippen LogP contribution in [0.25, 0.3) is 0 Å².